The third kappa shape index (κ3) is 5.39. The van der Waals surface area contributed by atoms with Gasteiger partial charge in [0.2, 0.25) is 0 Å². The van der Waals surface area contributed by atoms with Crippen molar-refractivity contribution in [3.8, 4) is 0 Å². The number of halogens is 1. The van der Waals surface area contributed by atoms with Gasteiger partial charge in [-0.3, -0.25) is 14.6 Å². The molecule has 1 saturated heterocycles. The number of hydrogen-bond donors (Lipinski definition) is 1. The Bertz CT molecular complexity index is 1190. The van der Waals surface area contributed by atoms with Gasteiger partial charge in [0.15, 0.2) is 0 Å². The quantitative estimate of drug-likeness (QED) is 0.600. The van der Waals surface area contributed by atoms with Crippen LogP contribution in [-0.4, -0.2) is 79.0 Å². The first kappa shape index (κ1) is 25.7. The molecule has 1 atom stereocenters. The number of urea groups is 1. The Hall–Kier alpha value is -3.36. The second kappa shape index (κ2) is 11.1. The van der Waals surface area contributed by atoms with E-state index in [-0.39, 0.29) is 18.5 Å². The lowest BCUT2D eigenvalue weighted by Crippen LogP contribution is -2.53. The van der Waals surface area contributed by atoms with Crippen molar-refractivity contribution in [1.29, 1.82) is 0 Å². The number of nitrogens with one attached hydrogen (secondary N) is 1. The lowest BCUT2D eigenvalue weighted by atomic mass is 9.93. The van der Waals surface area contributed by atoms with Crippen molar-refractivity contribution < 1.29 is 19.1 Å². The number of ether oxygens (including phenoxy) is 1. The first-order valence-electron chi connectivity index (χ1n) is 12.1. The van der Waals surface area contributed by atoms with Crippen molar-refractivity contribution in [2.24, 2.45) is 0 Å². The van der Waals surface area contributed by atoms with Crippen molar-refractivity contribution in [1.82, 2.24) is 20.0 Å². The number of amides is 3. The maximum Gasteiger partial charge on any atom is 0.338 e. The van der Waals surface area contributed by atoms with Crippen molar-refractivity contribution in [3.63, 3.8) is 0 Å². The van der Waals surface area contributed by atoms with E-state index >= 15 is 0 Å². The molecule has 0 radical (unpaired) electrons. The molecule has 1 fully saturated rings. The summed E-state index contributed by atoms with van der Waals surface area (Å²) in [6.45, 7) is 6.58. The summed E-state index contributed by atoms with van der Waals surface area (Å²) in [7, 11) is 1.66. The molecule has 2 aromatic carbocycles. The number of piperazine rings is 1. The van der Waals surface area contributed by atoms with Gasteiger partial charge >= 0.3 is 12.0 Å². The van der Waals surface area contributed by atoms with Crippen molar-refractivity contribution >= 4 is 29.5 Å². The first-order valence-corrected chi connectivity index (χ1v) is 12.4. The number of rotatable bonds is 6. The van der Waals surface area contributed by atoms with Gasteiger partial charge in [-0.2, -0.15) is 0 Å². The van der Waals surface area contributed by atoms with E-state index in [0.717, 1.165) is 11.1 Å². The van der Waals surface area contributed by atoms with E-state index in [1.165, 1.54) is 4.90 Å². The van der Waals surface area contributed by atoms with Crippen LogP contribution < -0.4 is 5.32 Å². The highest BCUT2D eigenvalue weighted by Gasteiger charge is 2.38. The van der Waals surface area contributed by atoms with Crippen LogP contribution in [0, 0.1) is 6.92 Å². The van der Waals surface area contributed by atoms with Crippen molar-refractivity contribution in [2.45, 2.75) is 19.9 Å². The average molecular weight is 511 g/mol. The standard InChI is InChI=1S/C27H31ClN4O4/c1-4-36-26(34)23-22(30(3)27(35)29-24(23)19-9-7-8-18(2)16-19)17-31-12-14-32(15-13-31)25(33)20-10-5-6-11-21(20)28/h5-11,16,24H,4,12-15,17H2,1-3H3,(H,29,35)/t24-/m0/s1. The smallest absolute Gasteiger partial charge is 0.338 e. The summed E-state index contributed by atoms with van der Waals surface area (Å²) in [5, 5.41) is 3.39. The highest BCUT2D eigenvalue weighted by Crippen LogP contribution is 2.32. The molecule has 0 aliphatic carbocycles. The first-order chi connectivity index (χ1) is 17.3. The van der Waals surface area contributed by atoms with Gasteiger partial charge in [-0.05, 0) is 31.5 Å². The number of hydrogen-bond acceptors (Lipinski definition) is 5. The highest BCUT2D eigenvalue weighted by atomic mass is 35.5. The van der Waals surface area contributed by atoms with Gasteiger partial charge < -0.3 is 15.0 Å². The van der Waals surface area contributed by atoms with Crippen molar-refractivity contribution in [2.75, 3.05) is 46.4 Å². The zero-order valence-corrected chi connectivity index (χ0v) is 21.5. The Labute approximate surface area is 216 Å². The van der Waals surface area contributed by atoms with Crippen LogP contribution in [0.1, 0.15) is 34.5 Å². The molecule has 2 aromatic rings. The fourth-order valence-electron chi connectivity index (χ4n) is 4.62. The molecular formula is C27H31ClN4O4. The zero-order valence-electron chi connectivity index (χ0n) is 20.8. The average Bonchev–Trinajstić information content (AvgIpc) is 2.87. The summed E-state index contributed by atoms with van der Waals surface area (Å²) in [6.07, 6.45) is 0. The zero-order chi connectivity index (χ0) is 25.8. The van der Waals surface area contributed by atoms with Gasteiger partial charge in [0.1, 0.15) is 0 Å². The summed E-state index contributed by atoms with van der Waals surface area (Å²) in [5.41, 5.74) is 3.38. The molecule has 2 aliphatic rings. The van der Waals surface area contributed by atoms with Crippen LogP contribution in [-0.2, 0) is 9.53 Å². The summed E-state index contributed by atoms with van der Waals surface area (Å²) < 4.78 is 5.42. The van der Waals surface area contributed by atoms with E-state index in [0.29, 0.717) is 54.6 Å². The van der Waals surface area contributed by atoms with Gasteiger partial charge in [0.25, 0.3) is 5.91 Å². The number of benzene rings is 2. The topological polar surface area (TPSA) is 82.2 Å². The van der Waals surface area contributed by atoms with Gasteiger partial charge in [-0.15, -0.1) is 0 Å². The summed E-state index contributed by atoms with van der Waals surface area (Å²) in [5.74, 6) is -0.543. The Kier molecular flexibility index (Phi) is 7.96. The van der Waals surface area contributed by atoms with Gasteiger partial charge in [-0.1, -0.05) is 53.6 Å². The monoisotopic (exact) mass is 510 g/mol. The molecule has 2 heterocycles. The molecule has 36 heavy (non-hydrogen) atoms. The molecular weight excluding hydrogens is 480 g/mol. The Morgan fingerprint density at radius 2 is 1.81 bits per heavy atom. The largest absolute Gasteiger partial charge is 0.463 e. The van der Waals surface area contributed by atoms with E-state index in [1.807, 2.05) is 31.2 Å². The van der Waals surface area contributed by atoms with Crippen molar-refractivity contribution in [3.05, 3.63) is 81.5 Å². The minimum absolute atomic E-state index is 0.0969. The molecule has 1 N–H and O–H groups in total. The SMILES string of the molecule is CCOC(=O)C1=C(CN2CCN(C(=O)c3ccccc3Cl)CC2)N(C)C(=O)N[C@H]1c1cccc(C)c1. The Balaban J connectivity index is 1.57. The van der Waals surface area contributed by atoms with Crippen LogP contribution in [0.15, 0.2) is 59.8 Å². The van der Waals surface area contributed by atoms with E-state index in [4.69, 9.17) is 16.3 Å². The normalized spacial score (nSPS) is 18.8. The van der Waals surface area contributed by atoms with Crippen LogP contribution >= 0.6 is 11.6 Å². The van der Waals surface area contributed by atoms with E-state index in [9.17, 15) is 14.4 Å². The molecule has 0 unspecified atom stereocenters. The van der Waals surface area contributed by atoms with Crippen LogP contribution in [0.3, 0.4) is 0 Å². The molecule has 2 aliphatic heterocycles. The van der Waals surface area contributed by atoms with Crippen LogP contribution in [0.25, 0.3) is 0 Å². The summed E-state index contributed by atoms with van der Waals surface area (Å²) in [6, 6.07) is 13.9. The highest BCUT2D eigenvalue weighted by molar-refractivity contribution is 6.33. The van der Waals surface area contributed by atoms with Crippen LogP contribution in [0.2, 0.25) is 5.02 Å². The third-order valence-electron chi connectivity index (χ3n) is 6.58. The number of likely N-dealkylation sites (N-methyl/N-ethyl adjacent to an activating group) is 1. The number of aryl methyl sites for hydroxylation is 1. The predicted octanol–water partition coefficient (Wildman–Crippen LogP) is 3.62. The Morgan fingerprint density at radius 3 is 2.47 bits per heavy atom. The maximum absolute atomic E-state index is 13.2. The fourth-order valence-corrected chi connectivity index (χ4v) is 4.84. The van der Waals surface area contributed by atoms with E-state index in [1.54, 1.807) is 43.1 Å². The number of carbonyl (C=O) groups is 3. The molecule has 8 nitrogen and oxygen atoms in total. The van der Waals surface area contributed by atoms with Gasteiger partial charge in [0.05, 0.1) is 28.8 Å². The van der Waals surface area contributed by atoms with E-state index < -0.39 is 12.0 Å². The van der Waals surface area contributed by atoms with Gasteiger partial charge in [0, 0.05) is 45.5 Å². The van der Waals surface area contributed by atoms with E-state index in [2.05, 4.69) is 10.2 Å². The molecule has 0 bridgehead atoms. The lowest BCUT2D eigenvalue weighted by Gasteiger charge is -2.39. The predicted molar refractivity (Wildman–Crippen MR) is 138 cm³/mol. The molecule has 190 valence electrons. The summed E-state index contributed by atoms with van der Waals surface area (Å²) >= 11 is 6.22. The molecule has 9 heteroatoms. The molecule has 0 aromatic heterocycles. The second-order valence-corrected chi connectivity index (χ2v) is 9.39. The molecule has 4 rings (SSSR count). The number of esters is 1. The minimum Gasteiger partial charge on any atom is -0.463 e. The minimum atomic E-state index is -0.606. The van der Waals surface area contributed by atoms with Crippen LogP contribution in [0.5, 0.6) is 0 Å². The number of nitrogens with zero attached hydrogens (tertiary/aromatic N) is 3. The Morgan fingerprint density at radius 1 is 1.08 bits per heavy atom. The maximum atomic E-state index is 13.2. The fraction of sp³-hybridized carbons (Fsp3) is 0.370. The van der Waals surface area contributed by atoms with Gasteiger partial charge in [-0.25, -0.2) is 9.59 Å². The van der Waals surface area contributed by atoms with Crippen LogP contribution in [0.4, 0.5) is 4.79 Å². The molecule has 0 spiro atoms. The third-order valence-corrected chi connectivity index (χ3v) is 6.91. The second-order valence-electron chi connectivity index (χ2n) is 8.98. The molecule has 0 saturated carbocycles. The molecule has 3 amide bonds. The number of carbonyl (C=O) groups excluding carboxylic acids is 3. The summed E-state index contributed by atoms with van der Waals surface area (Å²) in [4.78, 5) is 44.4. The lowest BCUT2D eigenvalue weighted by molar-refractivity contribution is -0.139.